The fourth-order valence-electron chi connectivity index (χ4n) is 3.48. The first kappa shape index (κ1) is 14.6. The molecule has 0 radical (unpaired) electrons. The van der Waals surface area contributed by atoms with Crippen LogP contribution in [0, 0.1) is 27.7 Å². The zero-order valence-electron chi connectivity index (χ0n) is 12.8. The van der Waals surface area contributed by atoms with E-state index < -0.39 is 0 Å². The van der Waals surface area contributed by atoms with Gasteiger partial charge in [-0.1, -0.05) is 0 Å². The molecular formula is C18H14Se4. The second-order valence-corrected chi connectivity index (χ2v) is 18.2. The van der Waals surface area contributed by atoms with Gasteiger partial charge in [0.15, 0.2) is 0 Å². The molecule has 0 saturated carbocycles. The third-order valence-corrected chi connectivity index (χ3v) is 19.7. The molecule has 3 aromatic rings. The van der Waals surface area contributed by atoms with Crippen LogP contribution in [0.1, 0.15) is 22.3 Å². The summed E-state index contributed by atoms with van der Waals surface area (Å²) in [6, 6.07) is 4.79. The Labute approximate surface area is 152 Å². The van der Waals surface area contributed by atoms with Crippen molar-refractivity contribution in [2.75, 3.05) is 0 Å². The second-order valence-electron chi connectivity index (χ2n) is 6.08. The summed E-state index contributed by atoms with van der Waals surface area (Å²) in [6.07, 6.45) is 0. The van der Waals surface area contributed by atoms with Crippen molar-refractivity contribution < 1.29 is 0 Å². The van der Waals surface area contributed by atoms with Crippen LogP contribution in [-0.4, -0.2) is 52.5 Å². The maximum atomic E-state index is 2.44. The molecule has 110 valence electrons. The number of benzene rings is 3. The van der Waals surface area contributed by atoms with E-state index in [1.807, 2.05) is 0 Å². The fourth-order valence-corrected chi connectivity index (χ4v) is 21.6. The van der Waals surface area contributed by atoms with E-state index in [-0.39, 0.29) is 0 Å². The molecule has 0 aromatic heterocycles. The zero-order chi connectivity index (χ0) is 15.2. The number of hydrogen-bond acceptors (Lipinski definition) is 0. The van der Waals surface area contributed by atoms with Crippen LogP contribution in [0.4, 0.5) is 0 Å². The Balaban J connectivity index is 2.16. The first-order chi connectivity index (χ1) is 10.6. The van der Waals surface area contributed by atoms with Crippen LogP contribution in [0.2, 0.25) is 0 Å². The third kappa shape index (κ3) is 1.66. The van der Waals surface area contributed by atoms with Gasteiger partial charge in [0.05, 0.1) is 0 Å². The monoisotopic (exact) mass is 550 g/mol. The summed E-state index contributed by atoms with van der Waals surface area (Å²) in [4.78, 5) is 0. The average Bonchev–Trinajstić information content (AvgIpc) is 3.11. The number of aryl methyl sites for hydroxylation is 2. The minimum absolute atomic E-state index is 0.684. The molecule has 0 N–H and O–H groups in total. The molecule has 0 saturated heterocycles. The SMILES string of the molecule is Cc1ccc2c3c4c(c(C)c(C)c5c4c(c2c1C)[Se][Se]5)[Se][Se]3. The summed E-state index contributed by atoms with van der Waals surface area (Å²) < 4.78 is 7.03. The Morgan fingerprint density at radius 3 is 1.77 bits per heavy atom. The molecule has 22 heavy (non-hydrogen) atoms. The molecule has 2 aliphatic rings. The second kappa shape index (κ2) is 4.89. The molecule has 0 spiro atoms. The van der Waals surface area contributed by atoms with E-state index in [1.54, 1.807) is 56.1 Å². The van der Waals surface area contributed by atoms with Crippen LogP contribution in [-0.2, 0) is 0 Å². The molecule has 2 heterocycles. The van der Waals surface area contributed by atoms with Gasteiger partial charge in [0.1, 0.15) is 0 Å². The van der Waals surface area contributed by atoms with E-state index in [2.05, 4.69) is 39.8 Å². The van der Waals surface area contributed by atoms with Crippen molar-refractivity contribution in [3.05, 3.63) is 34.4 Å². The Bertz CT molecular complexity index is 1020. The van der Waals surface area contributed by atoms with Gasteiger partial charge in [-0.05, 0) is 0 Å². The minimum atomic E-state index is 0.684. The number of hydrogen-bond donors (Lipinski definition) is 0. The first-order valence-electron chi connectivity index (χ1n) is 7.31. The molecule has 0 aliphatic carbocycles. The summed E-state index contributed by atoms with van der Waals surface area (Å²) in [5, 5.41) is 6.72. The third-order valence-electron chi connectivity index (χ3n) is 5.03. The Kier molecular flexibility index (Phi) is 3.24. The molecule has 3 aromatic carbocycles. The van der Waals surface area contributed by atoms with Crippen molar-refractivity contribution in [3.63, 3.8) is 0 Å². The molecule has 0 bridgehead atoms. The van der Waals surface area contributed by atoms with E-state index >= 15 is 0 Å². The van der Waals surface area contributed by atoms with Gasteiger partial charge in [0.25, 0.3) is 0 Å². The fraction of sp³-hybridized carbons (Fsp3) is 0.222. The van der Waals surface area contributed by atoms with Gasteiger partial charge in [0, 0.05) is 0 Å². The number of fused-ring (bicyclic) bond motifs is 3. The van der Waals surface area contributed by atoms with Crippen molar-refractivity contribution in [3.8, 4) is 0 Å². The molecule has 4 heteroatoms. The molecule has 5 rings (SSSR count). The van der Waals surface area contributed by atoms with Gasteiger partial charge >= 0.3 is 154 Å². The van der Waals surface area contributed by atoms with Gasteiger partial charge in [0.2, 0.25) is 0 Å². The quantitative estimate of drug-likeness (QED) is 0.283. The van der Waals surface area contributed by atoms with Crippen molar-refractivity contribution in [1.82, 2.24) is 0 Å². The molecule has 0 atom stereocenters. The average molecular weight is 546 g/mol. The molecule has 0 amide bonds. The van der Waals surface area contributed by atoms with Crippen LogP contribution in [0.25, 0.3) is 21.5 Å². The molecule has 2 aliphatic heterocycles. The molecule has 0 nitrogen and oxygen atoms in total. The van der Waals surface area contributed by atoms with Gasteiger partial charge in [-0.3, -0.25) is 0 Å². The van der Waals surface area contributed by atoms with Crippen LogP contribution in [0.3, 0.4) is 0 Å². The van der Waals surface area contributed by atoms with E-state index in [0.29, 0.717) is 52.5 Å². The van der Waals surface area contributed by atoms with Crippen molar-refractivity contribution >= 4 is 91.9 Å². The van der Waals surface area contributed by atoms with Gasteiger partial charge in [-0.2, -0.15) is 0 Å². The summed E-state index contributed by atoms with van der Waals surface area (Å²) in [7, 11) is 0. The predicted molar refractivity (Wildman–Crippen MR) is 102 cm³/mol. The van der Waals surface area contributed by atoms with Crippen LogP contribution in [0.15, 0.2) is 12.1 Å². The van der Waals surface area contributed by atoms with Crippen molar-refractivity contribution in [1.29, 1.82) is 0 Å². The van der Waals surface area contributed by atoms with Crippen LogP contribution >= 0.6 is 0 Å². The van der Waals surface area contributed by atoms with Crippen LogP contribution < -0.4 is 17.8 Å². The van der Waals surface area contributed by atoms with Crippen LogP contribution in [0.5, 0.6) is 0 Å². The van der Waals surface area contributed by atoms with E-state index in [0.717, 1.165) is 0 Å². The standard InChI is InChI=1S/C18H14Se4/c1-7-5-6-11-12(8(7)2)18-14-13-15(19-21-17(11)13)9(3)10(4)16(14)20-22-18/h5-6H,1-4H3. The molecule has 0 unspecified atom stereocenters. The van der Waals surface area contributed by atoms with Gasteiger partial charge < -0.3 is 0 Å². The van der Waals surface area contributed by atoms with Crippen molar-refractivity contribution in [2.45, 2.75) is 27.7 Å². The first-order valence-corrected chi connectivity index (χ1v) is 19.4. The zero-order valence-corrected chi connectivity index (χ0v) is 19.6. The molecule has 0 fully saturated rings. The Hall–Kier alpha value is 0.258. The van der Waals surface area contributed by atoms with Gasteiger partial charge in [-0.15, -0.1) is 0 Å². The number of rotatable bonds is 0. The predicted octanol–water partition coefficient (Wildman–Crippen LogP) is 0.402. The summed E-state index contributed by atoms with van der Waals surface area (Å²) in [5.74, 6) is 0. The maximum absolute atomic E-state index is 2.44. The van der Waals surface area contributed by atoms with E-state index in [1.165, 1.54) is 5.56 Å². The summed E-state index contributed by atoms with van der Waals surface area (Å²) in [5.41, 5.74) is 6.29. The summed E-state index contributed by atoms with van der Waals surface area (Å²) >= 11 is 2.78. The van der Waals surface area contributed by atoms with Crippen molar-refractivity contribution in [2.24, 2.45) is 0 Å². The topological polar surface area (TPSA) is 0 Å². The normalized spacial score (nSPS) is 15.5. The Morgan fingerprint density at radius 1 is 0.545 bits per heavy atom. The van der Waals surface area contributed by atoms with Gasteiger partial charge in [-0.25, -0.2) is 0 Å². The van der Waals surface area contributed by atoms with E-state index in [4.69, 9.17) is 0 Å². The summed E-state index contributed by atoms with van der Waals surface area (Å²) in [6.45, 7) is 9.41. The Morgan fingerprint density at radius 2 is 1.09 bits per heavy atom. The van der Waals surface area contributed by atoms with E-state index in [9.17, 15) is 0 Å². The molecular weight excluding hydrogens is 532 g/mol.